The third kappa shape index (κ3) is 4.22. The predicted octanol–water partition coefficient (Wildman–Crippen LogP) is 2.76. The Balaban J connectivity index is 1.82. The molecule has 2 aromatic rings. The second kappa shape index (κ2) is 8.23. The van der Waals surface area contributed by atoms with Crippen molar-refractivity contribution in [3.8, 4) is 0 Å². The lowest BCUT2D eigenvalue weighted by atomic mass is 9.89. The number of hydrogen-bond acceptors (Lipinski definition) is 5. The van der Waals surface area contributed by atoms with E-state index in [0.717, 1.165) is 5.56 Å². The van der Waals surface area contributed by atoms with Gasteiger partial charge in [0.1, 0.15) is 5.54 Å². The molecular formula is C21H25NO4S. The molecule has 1 saturated heterocycles. The number of hydrogen-bond donors (Lipinski definition) is 1. The normalized spacial score (nSPS) is 22.5. The number of benzene rings is 2. The van der Waals surface area contributed by atoms with Gasteiger partial charge in [-0.25, -0.2) is 8.42 Å². The van der Waals surface area contributed by atoms with Crippen molar-refractivity contribution in [2.24, 2.45) is 0 Å². The minimum atomic E-state index is -3.51. The van der Waals surface area contributed by atoms with Gasteiger partial charge in [0.25, 0.3) is 0 Å². The lowest BCUT2D eigenvalue weighted by Crippen LogP contribution is -2.49. The van der Waals surface area contributed by atoms with Crippen molar-refractivity contribution < 1.29 is 17.9 Å². The molecule has 0 saturated carbocycles. The van der Waals surface area contributed by atoms with Crippen LogP contribution < -0.4 is 5.32 Å². The number of sulfone groups is 1. The molecule has 27 heavy (non-hydrogen) atoms. The summed E-state index contributed by atoms with van der Waals surface area (Å²) in [6.07, 6.45) is 1.39. The maximum absolute atomic E-state index is 13.0. The largest absolute Gasteiger partial charge is 0.465 e. The fourth-order valence-electron chi connectivity index (χ4n) is 3.58. The smallest absolute Gasteiger partial charge is 0.326 e. The lowest BCUT2D eigenvalue weighted by molar-refractivity contribution is -0.150. The first kappa shape index (κ1) is 19.6. The van der Waals surface area contributed by atoms with Gasteiger partial charge in [-0.15, -0.1) is 0 Å². The summed E-state index contributed by atoms with van der Waals surface area (Å²) in [5.41, 5.74) is 0.135. The van der Waals surface area contributed by atoms with Crippen molar-refractivity contribution in [2.45, 2.75) is 41.9 Å². The molecule has 6 heteroatoms. The maximum Gasteiger partial charge on any atom is 0.326 e. The number of nitrogens with one attached hydrogen (secondary N) is 1. The van der Waals surface area contributed by atoms with Gasteiger partial charge < -0.3 is 10.1 Å². The molecule has 0 amide bonds. The molecule has 144 valence electrons. The van der Waals surface area contributed by atoms with E-state index >= 15 is 0 Å². The van der Waals surface area contributed by atoms with Gasteiger partial charge in [0, 0.05) is 6.54 Å². The Labute approximate surface area is 160 Å². The summed E-state index contributed by atoms with van der Waals surface area (Å²) in [5, 5.41) is 2.54. The van der Waals surface area contributed by atoms with E-state index < -0.39 is 20.6 Å². The Kier molecular flexibility index (Phi) is 5.97. The molecule has 2 aromatic carbocycles. The number of ether oxygens (including phenoxy) is 1. The second-order valence-corrected chi connectivity index (χ2v) is 9.08. The van der Waals surface area contributed by atoms with E-state index in [1.165, 1.54) is 0 Å². The van der Waals surface area contributed by atoms with Gasteiger partial charge >= 0.3 is 5.97 Å². The van der Waals surface area contributed by atoms with E-state index in [9.17, 15) is 13.2 Å². The molecule has 0 spiro atoms. The molecule has 1 N–H and O–H groups in total. The van der Waals surface area contributed by atoms with Crippen LogP contribution in [0.1, 0.15) is 25.3 Å². The van der Waals surface area contributed by atoms with Gasteiger partial charge in [0.05, 0.1) is 16.8 Å². The topological polar surface area (TPSA) is 72.5 Å². The van der Waals surface area contributed by atoms with Crippen LogP contribution >= 0.6 is 0 Å². The van der Waals surface area contributed by atoms with Crippen LogP contribution in [0.25, 0.3) is 0 Å². The summed E-state index contributed by atoms with van der Waals surface area (Å²) >= 11 is 0. The standard InChI is InChI=1S/C21H25NO4S/c1-2-26-20(23)21(14-13-17-9-5-3-6-10-17)15-19(16-22-21)27(24,25)18-11-7-4-8-12-18/h3-12,19,22H,2,13-16H2,1H3/t19-,21+/m0/s1. The quantitative estimate of drug-likeness (QED) is 0.740. The summed E-state index contributed by atoms with van der Waals surface area (Å²) in [5.74, 6) is -0.369. The van der Waals surface area contributed by atoms with Crippen molar-refractivity contribution in [3.05, 3.63) is 66.2 Å². The average Bonchev–Trinajstić information content (AvgIpc) is 3.15. The molecule has 5 nitrogen and oxygen atoms in total. The van der Waals surface area contributed by atoms with Gasteiger partial charge in [0.15, 0.2) is 9.84 Å². The van der Waals surface area contributed by atoms with Crippen LogP contribution in [0, 0.1) is 0 Å². The number of carbonyl (C=O) groups excluding carboxylic acids is 1. The van der Waals surface area contributed by atoms with Crippen LogP contribution in [0.15, 0.2) is 65.6 Å². The van der Waals surface area contributed by atoms with E-state index in [2.05, 4.69) is 5.32 Å². The fourth-order valence-corrected chi connectivity index (χ4v) is 5.31. The first-order valence-corrected chi connectivity index (χ1v) is 10.8. The first-order valence-electron chi connectivity index (χ1n) is 9.23. The van der Waals surface area contributed by atoms with Crippen molar-refractivity contribution in [2.75, 3.05) is 13.2 Å². The van der Waals surface area contributed by atoms with E-state index in [-0.39, 0.29) is 25.5 Å². The monoisotopic (exact) mass is 387 g/mol. The van der Waals surface area contributed by atoms with E-state index in [1.807, 2.05) is 30.3 Å². The van der Waals surface area contributed by atoms with Crippen molar-refractivity contribution in [1.29, 1.82) is 0 Å². The highest BCUT2D eigenvalue weighted by molar-refractivity contribution is 7.92. The van der Waals surface area contributed by atoms with Gasteiger partial charge in [-0.3, -0.25) is 4.79 Å². The Bertz CT molecular complexity index is 868. The number of aryl methyl sites for hydroxylation is 1. The van der Waals surface area contributed by atoms with Crippen LogP contribution in [0.4, 0.5) is 0 Å². The van der Waals surface area contributed by atoms with E-state index in [4.69, 9.17) is 4.74 Å². The summed E-state index contributed by atoms with van der Waals surface area (Å²) in [6.45, 7) is 2.27. The maximum atomic E-state index is 13.0. The minimum Gasteiger partial charge on any atom is -0.465 e. The number of rotatable bonds is 7. The highest BCUT2D eigenvalue weighted by atomic mass is 32.2. The SMILES string of the molecule is CCOC(=O)[C@@]1(CCc2ccccc2)C[C@H](S(=O)(=O)c2ccccc2)CN1. The molecule has 2 atom stereocenters. The molecule has 1 heterocycles. The van der Waals surface area contributed by atoms with E-state index in [0.29, 0.717) is 17.7 Å². The third-order valence-corrected chi connectivity index (χ3v) is 7.24. The zero-order valence-electron chi connectivity index (χ0n) is 15.4. The van der Waals surface area contributed by atoms with Crippen LogP contribution in [0.3, 0.4) is 0 Å². The summed E-state index contributed by atoms with van der Waals surface area (Å²) in [6, 6.07) is 18.3. The average molecular weight is 388 g/mol. The summed E-state index contributed by atoms with van der Waals surface area (Å²) < 4.78 is 31.3. The molecule has 0 aliphatic carbocycles. The lowest BCUT2D eigenvalue weighted by Gasteiger charge is -2.27. The zero-order valence-corrected chi connectivity index (χ0v) is 16.2. The first-order chi connectivity index (χ1) is 13.0. The molecular weight excluding hydrogens is 362 g/mol. The van der Waals surface area contributed by atoms with E-state index in [1.54, 1.807) is 37.3 Å². The van der Waals surface area contributed by atoms with Gasteiger partial charge in [0.2, 0.25) is 0 Å². The molecule has 1 fully saturated rings. The second-order valence-electron chi connectivity index (χ2n) is 6.85. The molecule has 0 aromatic heterocycles. The van der Waals surface area contributed by atoms with Gasteiger partial charge in [-0.2, -0.15) is 0 Å². The van der Waals surface area contributed by atoms with Gasteiger partial charge in [-0.1, -0.05) is 48.5 Å². The zero-order chi connectivity index (χ0) is 19.3. The molecule has 0 unspecified atom stereocenters. The molecule has 0 radical (unpaired) electrons. The highest BCUT2D eigenvalue weighted by Crippen LogP contribution is 2.32. The third-order valence-electron chi connectivity index (χ3n) is 5.10. The van der Waals surface area contributed by atoms with Crippen molar-refractivity contribution >= 4 is 15.8 Å². The van der Waals surface area contributed by atoms with Crippen molar-refractivity contribution in [1.82, 2.24) is 5.32 Å². The molecule has 0 bridgehead atoms. The Morgan fingerprint density at radius 3 is 2.37 bits per heavy atom. The summed E-state index contributed by atoms with van der Waals surface area (Å²) in [7, 11) is -3.51. The minimum absolute atomic E-state index is 0.218. The summed E-state index contributed by atoms with van der Waals surface area (Å²) in [4.78, 5) is 13.0. The predicted molar refractivity (Wildman–Crippen MR) is 104 cm³/mol. The highest BCUT2D eigenvalue weighted by Gasteiger charge is 2.49. The Morgan fingerprint density at radius 1 is 1.11 bits per heavy atom. The molecule has 1 aliphatic rings. The molecule has 3 rings (SSSR count). The van der Waals surface area contributed by atoms with Crippen LogP contribution in [0.2, 0.25) is 0 Å². The van der Waals surface area contributed by atoms with Crippen LogP contribution in [-0.4, -0.2) is 38.3 Å². The fraction of sp³-hybridized carbons (Fsp3) is 0.381. The van der Waals surface area contributed by atoms with Crippen LogP contribution in [0.5, 0.6) is 0 Å². The Hall–Kier alpha value is -2.18. The number of carbonyl (C=O) groups is 1. The van der Waals surface area contributed by atoms with Gasteiger partial charge in [-0.05, 0) is 43.9 Å². The Morgan fingerprint density at radius 2 is 1.74 bits per heavy atom. The number of esters is 1. The van der Waals surface area contributed by atoms with Crippen molar-refractivity contribution in [3.63, 3.8) is 0 Å². The molecule has 1 aliphatic heterocycles. The van der Waals surface area contributed by atoms with Crippen LogP contribution in [-0.2, 0) is 25.8 Å².